The lowest BCUT2D eigenvalue weighted by molar-refractivity contribution is 1.26. The minimum atomic E-state index is 0.583. The molecule has 0 saturated heterocycles. The second-order valence-corrected chi connectivity index (χ2v) is 2.18. The largest absolute Gasteiger partial charge is 0.255 e. The Morgan fingerprint density at radius 1 is 1.86 bits per heavy atom. The summed E-state index contributed by atoms with van der Waals surface area (Å²) in [7, 11) is 0. The summed E-state index contributed by atoms with van der Waals surface area (Å²) in [6.07, 6.45) is 3.12. The predicted octanol–water partition coefficient (Wildman–Crippen LogP) is 1.69. The Morgan fingerprint density at radius 3 is 2.71 bits per heavy atom. The van der Waals surface area contributed by atoms with E-state index in [0.29, 0.717) is 5.15 Å². The fourth-order valence-electron chi connectivity index (χ4n) is 0.264. The van der Waals surface area contributed by atoms with Crippen LogP contribution >= 0.6 is 27.7 Å². The minimum Gasteiger partial charge on any atom is -0.255 e. The van der Waals surface area contributed by atoms with Crippen LogP contribution in [0.3, 0.4) is 0 Å². The molecule has 0 atom stereocenters. The van der Waals surface area contributed by atoms with Crippen molar-refractivity contribution in [1.29, 1.82) is 0 Å². The highest BCUT2D eigenvalue weighted by atomic mass is 79.9. The first kappa shape index (κ1) is 5.12. The van der Waals surface area contributed by atoms with Gasteiger partial charge in [0.1, 0.15) is 11.5 Å². The molecule has 0 aromatic carbocycles. The van der Waals surface area contributed by atoms with Crippen molar-refractivity contribution in [3.05, 3.63) is 17.7 Å². The fraction of sp³-hybridized carbons (Fsp3) is 0. The standard InChI is InChI=1S/C3H2BrClN2/c4-7-2-6-1-3(7)5/h1-2H. The molecule has 0 aliphatic rings. The van der Waals surface area contributed by atoms with Crippen molar-refractivity contribution in [3.8, 4) is 0 Å². The molecule has 0 saturated carbocycles. The molecule has 0 spiro atoms. The van der Waals surface area contributed by atoms with Crippen molar-refractivity contribution in [2.75, 3.05) is 0 Å². The molecule has 0 bridgehead atoms. The summed E-state index contributed by atoms with van der Waals surface area (Å²) >= 11 is 8.57. The molecular formula is C3H2BrClN2. The van der Waals surface area contributed by atoms with Crippen LogP contribution in [0.5, 0.6) is 0 Å². The van der Waals surface area contributed by atoms with Gasteiger partial charge < -0.3 is 0 Å². The van der Waals surface area contributed by atoms with Gasteiger partial charge in [-0.3, -0.25) is 3.59 Å². The predicted molar refractivity (Wildman–Crippen MR) is 31.6 cm³/mol. The summed E-state index contributed by atoms with van der Waals surface area (Å²) < 4.78 is 1.55. The first-order valence-corrected chi connectivity index (χ1v) is 2.73. The van der Waals surface area contributed by atoms with Gasteiger partial charge in [0, 0.05) is 0 Å². The van der Waals surface area contributed by atoms with Gasteiger partial charge in [-0.25, -0.2) is 4.98 Å². The number of aromatic nitrogens is 2. The van der Waals surface area contributed by atoms with E-state index in [9.17, 15) is 0 Å². The maximum Gasteiger partial charge on any atom is 0.138 e. The van der Waals surface area contributed by atoms with E-state index in [2.05, 4.69) is 21.1 Å². The summed E-state index contributed by atoms with van der Waals surface area (Å²) in [5.74, 6) is 0. The Kier molecular flexibility index (Phi) is 1.35. The van der Waals surface area contributed by atoms with Gasteiger partial charge >= 0.3 is 0 Å². The number of hydrogen-bond donors (Lipinski definition) is 0. The van der Waals surface area contributed by atoms with Crippen LogP contribution in [0, 0.1) is 0 Å². The lowest BCUT2D eigenvalue weighted by atomic mass is 11.0. The van der Waals surface area contributed by atoms with Crippen molar-refractivity contribution >= 4 is 27.7 Å². The molecule has 1 heterocycles. The number of halogens is 2. The van der Waals surface area contributed by atoms with Gasteiger partial charge in [-0.15, -0.1) is 0 Å². The Morgan fingerprint density at radius 2 is 2.57 bits per heavy atom. The zero-order valence-electron chi connectivity index (χ0n) is 3.31. The zero-order valence-corrected chi connectivity index (χ0v) is 5.65. The second-order valence-electron chi connectivity index (χ2n) is 1.03. The van der Waals surface area contributed by atoms with Gasteiger partial charge in [0.25, 0.3) is 0 Å². The topological polar surface area (TPSA) is 17.8 Å². The Balaban J connectivity index is 3.12. The first-order valence-electron chi connectivity index (χ1n) is 1.64. The Hall–Kier alpha value is -0.0200. The number of nitrogens with zero attached hydrogens (tertiary/aromatic N) is 2. The normalized spacial score (nSPS) is 9.43. The van der Waals surface area contributed by atoms with Gasteiger partial charge in [0.05, 0.1) is 22.3 Å². The van der Waals surface area contributed by atoms with Crippen LogP contribution in [0.2, 0.25) is 5.15 Å². The molecule has 38 valence electrons. The molecule has 0 aliphatic carbocycles. The summed E-state index contributed by atoms with van der Waals surface area (Å²) in [5, 5.41) is 0.583. The Bertz CT molecular complexity index is 145. The summed E-state index contributed by atoms with van der Waals surface area (Å²) in [4.78, 5) is 3.71. The molecule has 0 radical (unpaired) electrons. The minimum absolute atomic E-state index is 0.583. The third-order valence-corrected chi connectivity index (χ3v) is 1.60. The van der Waals surface area contributed by atoms with Crippen molar-refractivity contribution in [1.82, 2.24) is 8.58 Å². The molecule has 2 nitrogen and oxygen atoms in total. The molecule has 1 aromatic rings. The van der Waals surface area contributed by atoms with Crippen LogP contribution in [-0.4, -0.2) is 8.58 Å². The highest BCUT2D eigenvalue weighted by Crippen LogP contribution is 2.07. The van der Waals surface area contributed by atoms with E-state index >= 15 is 0 Å². The van der Waals surface area contributed by atoms with Crippen LogP contribution in [-0.2, 0) is 0 Å². The van der Waals surface area contributed by atoms with Gasteiger partial charge in [0.2, 0.25) is 0 Å². The van der Waals surface area contributed by atoms with E-state index in [-0.39, 0.29) is 0 Å². The maximum atomic E-state index is 5.48. The quantitative estimate of drug-likeness (QED) is 0.596. The molecule has 0 unspecified atom stereocenters. The molecule has 4 heteroatoms. The van der Waals surface area contributed by atoms with Gasteiger partial charge in [0.15, 0.2) is 0 Å². The van der Waals surface area contributed by atoms with Gasteiger partial charge in [-0.05, 0) is 0 Å². The van der Waals surface area contributed by atoms with Gasteiger partial charge in [-0.1, -0.05) is 11.6 Å². The SMILES string of the molecule is Clc1cncn1Br. The number of imidazole rings is 1. The molecule has 1 aromatic heterocycles. The second kappa shape index (κ2) is 1.84. The van der Waals surface area contributed by atoms with E-state index in [4.69, 9.17) is 11.6 Å². The monoisotopic (exact) mass is 180 g/mol. The van der Waals surface area contributed by atoms with Crippen molar-refractivity contribution in [2.24, 2.45) is 0 Å². The molecule has 1 rings (SSSR count). The van der Waals surface area contributed by atoms with Crippen molar-refractivity contribution in [2.45, 2.75) is 0 Å². The number of hydrogen-bond acceptors (Lipinski definition) is 1. The third-order valence-electron chi connectivity index (χ3n) is 0.553. The van der Waals surface area contributed by atoms with E-state index < -0.39 is 0 Å². The molecule has 0 aliphatic heterocycles. The van der Waals surface area contributed by atoms with Crippen LogP contribution < -0.4 is 0 Å². The smallest absolute Gasteiger partial charge is 0.138 e. The molecule has 0 N–H and O–H groups in total. The summed E-state index contributed by atoms with van der Waals surface area (Å²) in [5.41, 5.74) is 0. The van der Waals surface area contributed by atoms with Crippen LogP contribution in [0.15, 0.2) is 12.5 Å². The van der Waals surface area contributed by atoms with Crippen LogP contribution in [0.25, 0.3) is 0 Å². The molecule has 0 amide bonds. The van der Waals surface area contributed by atoms with Crippen LogP contribution in [0.4, 0.5) is 0 Å². The fourth-order valence-corrected chi connectivity index (χ4v) is 0.561. The van der Waals surface area contributed by atoms with E-state index in [1.165, 1.54) is 0 Å². The van der Waals surface area contributed by atoms with E-state index in [0.717, 1.165) is 0 Å². The zero-order chi connectivity index (χ0) is 5.28. The van der Waals surface area contributed by atoms with E-state index in [1.54, 1.807) is 16.1 Å². The highest BCUT2D eigenvalue weighted by Gasteiger charge is 1.88. The van der Waals surface area contributed by atoms with Crippen molar-refractivity contribution in [3.63, 3.8) is 0 Å². The van der Waals surface area contributed by atoms with Crippen LogP contribution in [0.1, 0.15) is 0 Å². The van der Waals surface area contributed by atoms with Gasteiger partial charge in [-0.2, -0.15) is 0 Å². The molecular weight excluding hydrogens is 179 g/mol. The molecule has 0 fully saturated rings. The molecule has 7 heavy (non-hydrogen) atoms. The van der Waals surface area contributed by atoms with Crippen molar-refractivity contribution < 1.29 is 0 Å². The average Bonchev–Trinajstić information content (AvgIpc) is 1.91. The van der Waals surface area contributed by atoms with E-state index in [1.807, 2.05) is 0 Å². The summed E-state index contributed by atoms with van der Waals surface area (Å²) in [6.45, 7) is 0. The first-order chi connectivity index (χ1) is 3.30. The lowest BCUT2D eigenvalue weighted by Gasteiger charge is -1.80. The third kappa shape index (κ3) is 0.951. The Labute approximate surface area is 54.5 Å². The highest BCUT2D eigenvalue weighted by molar-refractivity contribution is 9.08. The maximum absolute atomic E-state index is 5.48. The summed E-state index contributed by atoms with van der Waals surface area (Å²) in [6, 6.07) is 0. The average molecular weight is 181 g/mol. The number of rotatable bonds is 0. The lowest BCUT2D eigenvalue weighted by Crippen LogP contribution is -1.68.